The summed E-state index contributed by atoms with van der Waals surface area (Å²) in [7, 11) is 0. The lowest BCUT2D eigenvalue weighted by Gasteiger charge is -2.15. The molecular formula is C7H13NO3. The summed E-state index contributed by atoms with van der Waals surface area (Å²) in [4.78, 5) is 10.3. The quantitative estimate of drug-likeness (QED) is 0.606. The molecule has 0 aromatic carbocycles. The lowest BCUT2D eigenvalue weighted by atomic mass is 10.1. The Bertz CT molecular complexity index is 149. The van der Waals surface area contributed by atoms with Gasteiger partial charge in [-0.3, -0.25) is 0 Å². The normalized spacial score (nSPS) is 30.3. The Balaban J connectivity index is 2.37. The van der Waals surface area contributed by atoms with Crippen molar-refractivity contribution in [3.63, 3.8) is 0 Å². The molecule has 1 rings (SSSR count). The fraction of sp³-hybridized carbons (Fsp3) is 0.857. The first kappa shape index (κ1) is 8.33. The van der Waals surface area contributed by atoms with Gasteiger partial charge in [0.1, 0.15) is 6.10 Å². The fourth-order valence-corrected chi connectivity index (χ4v) is 1.52. The van der Waals surface area contributed by atoms with Gasteiger partial charge in [0, 0.05) is 12.5 Å². The molecule has 11 heavy (non-hydrogen) atoms. The molecule has 0 aromatic rings. The molecule has 0 unspecified atom stereocenters. The highest BCUT2D eigenvalue weighted by molar-refractivity contribution is 5.64. The monoisotopic (exact) mass is 159 g/mol. The van der Waals surface area contributed by atoms with Crippen molar-refractivity contribution < 1.29 is 14.6 Å². The summed E-state index contributed by atoms with van der Waals surface area (Å²) >= 11 is 0. The van der Waals surface area contributed by atoms with E-state index in [1.165, 1.54) is 0 Å². The van der Waals surface area contributed by atoms with Crippen LogP contribution in [-0.4, -0.2) is 23.9 Å². The summed E-state index contributed by atoms with van der Waals surface area (Å²) in [5.41, 5.74) is 4.85. The van der Waals surface area contributed by atoms with Crippen LogP contribution in [0, 0.1) is 5.92 Å². The molecule has 0 saturated heterocycles. The molecule has 2 atom stereocenters. The Morgan fingerprint density at radius 1 is 1.64 bits per heavy atom. The van der Waals surface area contributed by atoms with Gasteiger partial charge in [-0.15, -0.1) is 0 Å². The Kier molecular flexibility index (Phi) is 2.70. The number of ether oxygens (including phenoxy) is 1. The van der Waals surface area contributed by atoms with E-state index in [2.05, 4.69) is 0 Å². The topological polar surface area (TPSA) is 72.6 Å². The van der Waals surface area contributed by atoms with E-state index < -0.39 is 6.09 Å². The third-order valence-electron chi connectivity index (χ3n) is 2.09. The molecule has 0 aliphatic heterocycles. The summed E-state index contributed by atoms with van der Waals surface area (Å²) in [5, 5.41) is 8.82. The third kappa shape index (κ3) is 2.08. The van der Waals surface area contributed by atoms with Gasteiger partial charge >= 0.3 is 6.09 Å². The van der Waals surface area contributed by atoms with E-state index in [9.17, 15) is 4.79 Å². The third-order valence-corrected chi connectivity index (χ3v) is 2.09. The molecule has 1 aliphatic carbocycles. The Labute approximate surface area is 65.3 Å². The van der Waals surface area contributed by atoms with Crippen molar-refractivity contribution in [3.8, 4) is 0 Å². The predicted molar refractivity (Wildman–Crippen MR) is 38.9 cm³/mol. The van der Waals surface area contributed by atoms with Crippen LogP contribution in [0.15, 0.2) is 0 Å². The number of rotatable bonds is 2. The molecular weight excluding hydrogens is 146 g/mol. The highest BCUT2D eigenvalue weighted by Crippen LogP contribution is 2.27. The molecule has 0 aromatic heterocycles. The van der Waals surface area contributed by atoms with Gasteiger partial charge in [0.15, 0.2) is 0 Å². The van der Waals surface area contributed by atoms with Gasteiger partial charge in [0.25, 0.3) is 0 Å². The van der Waals surface area contributed by atoms with Gasteiger partial charge in [0.2, 0.25) is 0 Å². The van der Waals surface area contributed by atoms with Crippen LogP contribution >= 0.6 is 0 Å². The van der Waals surface area contributed by atoms with Crippen LogP contribution in [0.4, 0.5) is 4.79 Å². The summed E-state index contributed by atoms with van der Waals surface area (Å²) in [6.07, 6.45) is 1.86. The van der Waals surface area contributed by atoms with Crippen molar-refractivity contribution in [3.05, 3.63) is 0 Å². The van der Waals surface area contributed by atoms with Crippen LogP contribution in [0.2, 0.25) is 0 Å². The lowest BCUT2D eigenvalue weighted by molar-refractivity contribution is 0.0614. The van der Waals surface area contributed by atoms with Crippen molar-refractivity contribution in [2.75, 3.05) is 6.61 Å². The smallest absolute Gasteiger partial charge is 0.404 e. The van der Waals surface area contributed by atoms with E-state index in [1.807, 2.05) is 0 Å². The molecule has 1 saturated carbocycles. The van der Waals surface area contributed by atoms with Crippen molar-refractivity contribution in [1.29, 1.82) is 0 Å². The maximum Gasteiger partial charge on any atom is 0.404 e. The van der Waals surface area contributed by atoms with Gasteiger partial charge in [-0.25, -0.2) is 4.79 Å². The zero-order chi connectivity index (χ0) is 8.27. The van der Waals surface area contributed by atoms with Crippen molar-refractivity contribution in [1.82, 2.24) is 0 Å². The van der Waals surface area contributed by atoms with Crippen LogP contribution < -0.4 is 5.73 Å². The standard InChI is InChI=1S/C7H13NO3/c8-7(10)11-6-3-1-2-5(6)4-9/h5-6,9H,1-4H2,(H2,8,10)/t5-,6+/m1/s1. The van der Waals surface area contributed by atoms with E-state index in [0.29, 0.717) is 0 Å². The van der Waals surface area contributed by atoms with Gasteiger partial charge in [-0.05, 0) is 19.3 Å². The van der Waals surface area contributed by atoms with Crippen molar-refractivity contribution >= 4 is 6.09 Å². The van der Waals surface area contributed by atoms with Crippen LogP contribution in [0.25, 0.3) is 0 Å². The maximum atomic E-state index is 10.3. The van der Waals surface area contributed by atoms with Gasteiger partial charge < -0.3 is 15.6 Å². The average molecular weight is 159 g/mol. The number of primary amides is 1. The van der Waals surface area contributed by atoms with E-state index in [1.54, 1.807) is 0 Å². The predicted octanol–water partition coefficient (Wildman–Crippen LogP) is 0.243. The summed E-state index contributed by atoms with van der Waals surface area (Å²) < 4.78 is 4.79. The first-order valence-corrected chi connectivity index (χ1v) is 3.81. The van der Waals surface area contributed by atoms with Gasteiger partial charge in [0.05, 0.1) is 0 Å². The Morgan fingerprint density at radius 3 is 2.91 bits per heavy atom. The zero-order valence-corrected chi connectivity index (χ0v) is 6.32. The fourth-order valence-electron chi connectivity index (χ4n) is 1.52. The van der Waals surface area contributed by atoms with E-state index >= 15 is 0 Å². The second-order valence-corrected chi connectivity index (χ2v) is 2.85. The SMILES string of the molecule is NC(=O)O[C@H]1CCC[C@@H]1CO. The summed E-state index contributed by atoms with van der Waals surface area (Å²) in [5.74, 6) is 0.0995. The highest BCUT2D eigenvalue weighted by Gasteiger charge is 2.28. The van der Waals surface area contributed by atoms with E-state index in [0.717, 1.165) is 19.3 Å². The molecule has 1 aliphatic rings. The molecule has 4 heteroatoms. The Hall–Kier alpha value is -0.770. The molecule has 0 spiro atoms. The number of nitrogens with two attached hydrogens (primary N) is 1. The molecule has 0 radical (unpaired) electrons. The minimum atomic E-state index is -0.740. The van der Waals surface area contributed by atoms with Crippen molar-refractivity contribution in [2.45, 2.75) is 25.4 Å². The van der Waals surface area contributed by atoms with Gasteiger partial charge in [-0.2, -0.15) is 0 Å². The molecule has 4 nitrogen and oxygen atoms in total. The van der Waals surface area contributed by atoms with Crippen molar-refractivity contribution in [2.24, 2.45) is 11.7 Å². The lowest BCUT2D eigenvalue weighted by Crippen LogP contribution is -2.27. The highest BCUT2D eigenvalue weighted by atomic mass is 16.6. The first-order chi connectivity index (χ1) is 5.24. The van der Waals surface area contributed by atoms with Crippen LogP contribution in [-0.2, 0) is 4.74 Å². The molecule has 0 bridgehead atoms. The summed E-state index contributed by atoms with van der Waals surface area (Å²) in [6.45, 7) is 0.0813. The molecule has 1 amide bonds. The Morgan fingerprint density at radius 2 is 2.36 bits per heavy atom. The minimum Gasteiger partial charge on any atom is -0.446 e. The van der Waals surface area contributed by atoms with Crippen LogP contribution in [0.1, 0.15) is 19.3 Å². The van der Waals surface area contributed by atoms with E-state index in [4.69, 9.17) is 15.6 Å². The number of carbonyl (C=O) groups excluding carboxylic acids is 1. The number of aliphatic hydroxyl groups is 1. The number of aliphatic hydroxyl groups excluding tert-OH is 1. The molecule has 3 N–H and O–H groups in total. The largest absolute Gasteiger partial charge is 0.446 e. The van der Waals surface area contributed by atoms with Crippen LogP contribution in [0.5, 0.6) is 0 Å². The van der Waals surface area contributed by atoms with Gasteiger partial charge in [-0.1, -0.05) is 0 Å². The second kappa shape index (κ2) is 3.57. The number of hydrogen-bond acceptors (Lipinski definition) is 3. The number of hydrogen-bond donors (Lipinski definition) is 2. The molecule has 0 heterocycles. The number of amides is 1. The summed E-state index contributed by atoms with van der Waals surface area (Å²) in [6, 6.07) is 0. The van der Waals surface area contributed by atoms with Crippen LogP contribution in [0.3, 0.4) is 0 Å². The molecule has 64 valence electrons. The van der Waals surface area contributed by atoms with E-state index in [-0.39, 0.29) is 18.6 Å². The first-order valence-electron chi connectivity index (χ1n) is 3.81. The minimum absolute atomic E-state index is 0.0813. The second-order valence-electron chi connectivity index (χ2n) is 2.85. The number of carbonyl (C=O) groups is 1. The maximum absolute atomic E-state index is 10.3. The zero-order valence-electron chi connectivity index (χ0n) is 6.32. The average Bonchev–Trinajstić information content (AvgIpc) is 2.34. The molecule has 1 fully saturated rings.